The molecular formula is C17H14F2N4OS. The van der Waals surface area contributed by atoms with Gasteiger partial charge in [0.1, 0.15) is 16.5 Å². The highest BCUT2D eigenvalue weighted by Crippen LogP contribution is 2.26. The van der Waals surface area contributed by atoms with Gasteiger partial charge in [-0.05, 0) is 26.0 Å². The van der Waals surface area contributed by atoms with Gasteiger partial charge in [-0.3, -0.25) is 4.79 Å². The van der Waals surface area contributed by atoms with E-state index >= 15 is 0 Å². The predicted octanol–water partition coefficient (Wildman–Crippen LogP) is 3.68. The number of carbonyl (C=O) groups excluding carboxylic acids is 1. The molecule has 0 saturated carbocycles. The van der Waals surface area contributed by atoms with Gasteiger partial charge in [0.2, 0.25) is 0 Å². The van der Waals surface area contributed by atoms with Crippen LogP contribution in [0.5, 0.6) is 0 Å². The second-order valence-electron chi connectivity index (χ2n) is 5.37. The van der Waals surface area contributed by atoms with Crippen molar-refractivity contribution >= 4 is 17.2 Å². The maximum atomic E-state index is 13.8. The monoisotopic (exact) mass is 360 g/mol. The van der Waals surface area contributed by atoms with Crippen molar-refractivity contribution in [1.82, 2.24) is 20.3 Å². The molecule has 0 spiro atoms. The van der Waals surface area contributed by atoms with Crippen molar-refractivity contribution in [2.24, 2.45) is 0 Å². The van der Waals surface area contributed by atoms with Crippen molar-refractivity contribution in [3.8, 4) is 10.8 Å². The third-order valence-corrected chi connectivity index (χ3v) is 4.69. The van der Waals surface area contributed by atoms with Crippen molar-refractivity contribution < 1.29 is 13.6 Å². The third-order valence-electron chi connectivity index (χ3n) is 3.54. The van der Waals surface area contributed by atoms with Gasteiger partial charge in [0.25, 0.3) is 5.91 Å². The first-order chi connectivity index (χ1) is 12.0. The van der Waals surface area contributed by atoms with E-state index in [1.54, 1.807) is 32.3 Å². The van der Waals surface area contributed by atoms with Crippen LogP contribution in [0.25, 0.3) is 10.8 Å². The molecule has 0 saturated heterocycles. The number of thiazole rings is 1. The molecule has 2 aromatic heterocycles. The zero-order valence-electron chi connectivity index (χ0n) is 13.5. The first-order valence-electron chi connectivity index (χ1n) is 7.46. The van der Waals surface area contributed by atoms with E-state index < -0.39 is 17.7 Å². The highest BCUT2D eigenvalue weighted by Gasteiger charge is 2.20. The lowest BCUT2D eigenvalue weighted by Gasteiger charge is -2.14. The van der Waals surface area contributed by atoms with E-state index in [1.807, 2.05) is 0 Å². The lowest BCUT2D eigenvalue weighted by atomic mass is 10.1. The number of amides is 1. The number of carbonyl (C=O) groups is 1. The molecule has 0 fully saturated rings. The fourth-order valence-electron chi connectivity index (χ4n) is 2.30. The average Bonchev–Trinajstić information content (AvgIpc) is 2.97. The van der Waals surface area contributed by atoms with Gasteiger partial charge in [-0.15, -0.1) is 11.3 Å². The quantitative estimate of drug-likeness (QED) is 0.771. The van der Waals surface area contributed by atoms with Gasteiger partial charge in [-0.1, -0.05) is 6.07 Å². The van der Waals surface area contributed by atoms with E-state index in [4.69, 9.17) is 0 Å². The van der Waals surface area contributed by atoms with Crippen LogP contribution >= 0.6 is 11.3 Å². The van der Waals surface area contributed by atoms with E-state index in [9.17, 15) is 13.6 Å². The summed E-state index contributed by atoms with van der Waals surface area (Å²) >= 11 is 1.16. The van der Waals surface area contributed by atoms with E-state index in [0.717, 1.165) is 23.5 Å². The molecule has 1 amide bonds. The van der Waals surface area contributed by atoms with Crippen LogP contribution in [0.15, 0.2) is 36.7 Å². The van der Waals surface area contributed by atoms with Gasteiger partial charge in [0.05, 0.1) is 11.7 Å². The summed E-state index contributed by atoms with van der Waals surface area (Å²) in [5.41, 5.74) is 0.750. The second kappa shape index (κ2) is 7.02. The number of nitrogens with zero attached hydrogens (tertiary/aromatic N) is 3. The van der Waals surface area contributed by atoms with Crippen LogP contribution in [0, 0.1) is 18.6 Å². The summed E-state index contributed by atoms with van der Waals surface area (Å²) in [5.74, 6) is -1.31. The van der Waals surface area contributed by atoms with E-state index in [0.29, 0.717) is 21.4 Å². The van der Waals surface area contributed by atoms with Crippen LogP contribution in [-0.2, 0) is 0 Å². The zero-order valence-corrected chi connectivity index (χ0v) is 14.3. The van der Waals surface area contributed by atoms with E-state index in [-0.39, 0.29) is 11.5 Å². The van der Waals surface area contributed by atoms with Gasteiger partial charge in [-0.25, -0.2) is 23.7 Å². The van der Waals surface area contributed by atoms with Crippen LogP contribution in [0.2, 0.25) is 0 Å². The van der Waals surface area contributed by atoms with Crippen LogP contribution in [0.1, 0.15) is 33.9 Å². The fourth-order valence-corrected chi connectivity index (χ4v) is 3.22. The Morgan fingerprint density at radius 2 is 1.96 bits per heavy atom. The number of hydrogen-bond acceptors (Lipinski definition) is 5. The van der Waals surface area contributed by atoms with Gasteiger partial charge in [0.15, 0.2) is 10.8 Å². The fraction of sp³-hybridized carbons (Fsp3) is 0.176. The molecule has 8 heteroatoms. The first-order valence-corrected chi connectivity index (χ1v) is 8.28. The lowest BCUT2D eigenvalue weighted by molar-refractivity contribution is 0.0942. The molecule has 5 nitrogen and oxygen atoms in total. The number of halogens is 2. The highest BCUT2D eigenvalue weighted by molar-refractivity contribution is 7.17. The SMILES string of the molecule is Cc1nc(-c2ncccn2)sc1C(=O)N[C@@H](C)c1ccc(F)cc1F. The number of aryl methyl sites for hydroxylation is 1. The summed E-state index contributed by atoms with van der Waals surface area (Å²) in [5, 5.41) is 3.24. The molecule has 0 aliphatic heterocycles. The van der Waals surface area contributed by atoms with Gasteiger partial charge in [-0.2, -0.15) is 0 Å². The highest BCUT2D eigenvalue weighted by atomic mass is 32.1. The Morgan fingerprint density at radius 1 is 1.24 bits per heavy atom. The molecule has 3 rings (SSSR count). The summed E-state index contributed by atoms with van der Waals surface area (Å²) in [7, 11) is 0. The predicted molar refractivity (Wildman–Crippen MR) is 90.1 cm³/mol. The molecule has 1 N–H and O–H groups in total. The number of nitrogens with one attached hydrogen (secondary N) is 1. The van der Waals surface area contributed by atoms with Crippen LogP contribution < -0.4 is 5.32 Å². The molecule has 0 aliphatic rings. The number of hydrogen-bond donors (Lipinski definition) is 1. The Balaban J connectivity index is 1.80. The molecule has 1 aromatic carbocycles. The summed E-state index contributed by atoms with van der Waals surface area (Å²) < 4.78 is 26.9. The van der Waals surface area contributed by atoms with Crippen molar-refractivity contribution in [3.05, 3.63) is 64.4 Å². The van der Waals surface area contributed by atoms with Crippen LogP contribution in [-0.4, -0.2) is 20.9 Å². The smallest absolute Gasteiger partial charge is 0.263 e. The minimum atomic E-state index is -0.702. The summed E-state index contributed by atoms with van der Waals surface area (Å²) in [6.07, 6.45) is 3.19. The largest absolute Gasteiger partial charge is 0.345 e. The molecule has 0 aliphatic carbocycles. The minimum absolute atomic E-state index is 0.212. The molecule has 0 unspecified atom stereocenters. The van der Waals surface area contributed by atoms with Crippen molar-refractivity contribution in [2.45, 2.75) is 19.9 Å². The Kier molecular flexibility index (Phi) is 4.80. The second-order valence-corrected chi connectivity index (χ2v) is 6.37. The van der Waals surface area contributed by atoms with Crippen LogP contribution in [0.4, 0.5) is 8.78 Å². The minimum Gasteiger partial charge on any atom is -0.345 e. The Labute approximate surface area is 146 Å². The maximum Gasteiger partial charge on any atom is 0.263 e. The van der Waals surface area contributed by atoms with Crippen molar-refractivity contribution in [1.29, 1.82) is 0 Å². The number of rotatable bonds is 4. The Hall–Kier alpha value is -2.74. The number of benzene rings is 1. The van der Waals surface area contributed by atoms with Crippen molar-refractivity contribution in [2.75, 3.05) is 0 Å². The lowest BCUT2D eigenvalue weighted by Crippen LogP contribution is -2.27. The van der Waals surface area contributed by atoms with Gasteiger partial charge in [0, 0.05) is 24.0 Å². The van der Waals surface area contributed by atoms with Crippen LogP contribution in [0.3, 0.4) is 0 Å². The molecular weight excluding hydrogens is 346 g/mol. The van der Waals surface area contributed by atoms with Gasteiger partial charge < -0.3 is 5.32 Å². The topological polar surface area (TPSA) is 67.8 Å². The maximum absolute atomic E-state index is 13.8. The molecule has 25 heavy (non-hydrogen) atoms. The van der Waals surface area contributed by atoms with E-state index in [2.05, 4.69) is 20.3 Å². The number of aromatic nitrogens is 3. The van der Waals surface area contributed by atoms with Gasteiger partial charge >= 0.3 is 0 Å². The van der Waals surface area contributed by atoms with Crippen molar-refractivity contribution in [3.63, 3.8) is 0 Å². The summed E-state index contributed by atoms with van der Waals surface area (Å²) in [4.78, 5) is 25.4. The molecule has 1 atom stereocenters. The molecule has 128 valence electrons. The summed E-state index contributed by atoms with van der Waals surface area (Å²) in [6.45, 7) is 3.34. The molecule has 0 radical (unpaired) electrons. The Morgan fingerprint density at radius 3 is 2.64 bits per heavy atom. The average molecular weight is 360 g/mol. The normalized spacial score (nSPS) is 12.0. The molecule has 3 aromatic rings. The molecule has 0 bridgehead atoms. The Bertz CT molecular complexity index is 914. The summed E-state index contributed by atoms with van der Waals surface area (Å²) in [6, 6.07) is 4.34. The standard InChI is InChI=1S/C17H14F2N4OS/c1-9(12-5-4-11(18)8-13(12)19)22-16(24)14-10(2)23-17(25-14)15-20-6-3-7-21-15/h3-9H,1-2H3,(H,22,24)/t9-/m0/s1. The zero-order chi connectivity index (χ0) is 18.0. The third kappa shape index (κ3) is 3.69. The molecule has 2 heterocycles. The first kappa shape index (κ1) is 17.1. The van der Waals surface area contributed by atoms with E-state index in [1.165, 1.54) is 6.07 Å².